The van der Waals surface area contributed by atoms with Crippen molar-refractivity contribution in [1.29, 1.82) is 0 Å². The molecule has 3 aliphatic heterocycles. The molecular weight excluding hydrogens is 452 g/mol. The van der Waals surface area contributed by atoms with Crippen LogP contribution in [-0.2, 0) is 29.7 Å². The Bertz CT molecular complexity index is 1130. The van der Waals surface area contributed by atoms with Crippen LogP contribution in [0.5, 0.6) is 5.75 Å². The fourth-order valence-corrected chi connectivity index (χ4v) is 5.70. The summed E-state index contributed by atoms with van der Waals surface area (Å²) in [5.41, 5.74) is 3.51. The van der Waals surface area contributed by atoms with Crippen LogP contribution in [0.4, 0.5) is 4.79 Å². The van der Waals surface area contributed by atoms with E-state index in [9.17, 15) is 13.2 Å². The average Bonchev–Trinajstić information content (AvgIpc) is 3.19. The Morgan fingerprint density at radius 2 is 1.62 bits per heavy atom. The second-order valence-electron chi connectivity index (χ2n) is 9.60. The van der Waals surface area contributed by atoms with Crippen molar-refractivity contribution in [3.63, 3.8) is 0 Å². The highest BCUT2D eigenvalue weighted by Gasteiger charge is 2.29. The number of amides is 2. The Balaban J connectivity index is 1.19. The van der Waals surface area contributed by atoms with Crippen LogP contribution in [-0.4, -0.2) is 61.9 Å². The first-order valence-electron chi connectivity index (χ1n) is 12.0. The van der Waals surface area contributed by atoms with E-state index in [2.05, 4.69) is 17.0 Å². The number of carbonyl (C=O) groups is 1. The maximum atomic E-state index is 12.4. The number of fused-ring (bicyclic) bond motifs is 1. The summed E-state index contributed by atoms with van der Waals surface area (Å²) in [6.07, 6.45) is 2.78. The zero-order chi connectivity index (χ0) is 23.7. The topological polar surface area (TPSA) is 96.2 Å². The quantitative estimate of drug-likeness (QED) is 0.680. The van der Waals surface area contributed by atoms with Gasteiger partial charge in [0.1, 0.15) is 10.6 Å². The number of piperidine rings is 1. The van der Waals surface area contributed by atoms with Crippen molar-refractivity contribution in [2.45, 2.75) is 43.8 Å². The first kappa shape index (κ1) is 23.1. The van der Waals surface area contributed by atoms with Crippen LogP contribution >= 0.6 is 0 Å². The lowest BCUT2D eigenvalue weighted by Gasteiger charge is -2.39. The average molecular weight is 485 g/mol. The van der Waals surface area contributed by atoms with Crippen molar-refractivity contribution in [3.05, 3.63) is 59.2 Å². The standard InChI is InChI=1S/C25H32N4O4S/c26-34(31,32)24-14-20(15-27-16-21-4-1-2-5-22(21)17-27)6-7-23(24)33-18-19-8-12-29(13-9-19)25(30)28-10-3-11-28/h1-2,4-7,14,19H,3,8-13,15-18H2,(H2,26,31,32). The van der Waals surface area contributed by atoms with E-state index in [1.807, 2.05) is 28.0 Å². The monoisotopic (exact) mass is 484 g/mol. The molecule has 2 aromatic rings. The predicted molar refractivity (Wildman–Crippen MR) is 129 cm³/mol. The third kappa shape index (κ3) is 5.06. The zero-order valence-corrected chi connectivity index (χ0v) is 20.2. The van der Waals surface area contributed by atoms with Gasteiger partial charge in [-0.3, -0.25) is 4.90 Å². The number of carbonyl (C=O) groups excluding carboxylic acids is 1. The third-order valence-corrected chi connectivity index (χ3v) is 8.05. The van der Waals surface area contributed by atoms with Crippen LogP contribution in [0.15, 0.2) is 47.4 Å². The number of nitrogens with two attached hydrogens (primary N) is 1. The number of rotatable bonds is 6. The van der Waals surface area contributed by atoms with Gasteiger partial charge in [0.15, 0.2) is 0 Å². The maximum absolute atomic E-state index is 12.4. The van der Waals surface area contributed by atoms with Gasteiger partial charge in [-0.15, -0.1) is 0 Å². The molecule has 8 nitrogen and oxygen atoms in total. The van der Waals surface area contributed by atoms with Crippen LogP contribution in [0.25, 0.3) is 0 Å². The van der Waals surface area contributed by atoms with E-state index >= 15 is 0 Å². The van der Waals surface area contributed by atoms with Crippen molar-refractivity contribution >= 4 is 16.1 Å². The Morgan fingerprint density at radius 3 is 2.21 bits per heavy atom. The largest absolute Gasteiger partial charge is 0.492 e. The molecule has 2 N–H and O–H groups in total. The molecule has 2 fully saturated rings. The summed E-state index contributed by atoms with van der Waals surface area (Å²) in [5, 5.41) is 5.54. The number of nitrogens with zero attached hydrogens (tertiary/aromatic N) is 3. The van der Waals surface area contributed by atoms with Gasteiger partial charge < -0.3 is 14.5 Å². The normalized spacial score (nSPS) is 19.1. The van der Waals surface area contributed by atoms with Gasteiger partial charge in [0.25, 0.3) is 0 Å². The molecule has 9 heteroatoms. The molecule has 0 bridgehead atoms. The Morgan fingerprint density at radius 1 is 0.971 bits per heavy atom. The molecule has 0 aromatic heterocycles. The lowest BCUT2D eigenvalue weighted by atomic mass is 9.98. The molecule has 0 unspecified atom stereocenters. The van der Waals surface area contributed by atoms with Crippen molar-refractivity contribution in [3.8, 4) is 5.75 Å². The van der Waals surface area contributed by atoms with E-state index in [0.29, 0.717) is 32.0 Å². The lowest BCUT2D eigenvalue weighted by molar-refractivity contribution is 0.101. The molecule has 2 saturated heterocycles. The molecule has 5 rings (SSSR count). The molecule has 0 radical (unpaired) electrons. The van der Waals surface area contributed by atoms with E-state index in [0.717, 1.165) is 51.0 Å². The van der Waals surface area contributed by atoms with Gasteiger partial charge in [0.05, 0.1) is 6.61 Å². The Kier molecular flexibility index (Phi) is 6.50. The van der Waals surface area contributed by atoms with Gasteiger partial charge in [0, 0.05) is 45.8 Å². The second-order valence-corrected chi connectivity index (χ2v) is 11.1. The fraction of sp³-hybridized carbons (Fsp3) is 0.480. The summed E-state index contributed by atoms with van der Waals surface area (Å²) >= 11 is 0. The highest BCUT2D eigenvalue weighted by Crippen LogP contribution is 2.29. The third-order valence-electron chi connectivity index (χ3n) is 7.11. The predicted octanol–water partition coefficient (Wildman–Crippen LogP) is 2.77. The van der Waals surface area contributed by atoms with E-state index in [1.54, 1.807) is 12.1 Å². The number of likely N-dealkylation sites (tertiary alicyclic amines) is 2. The second kappa shape index (κ2) is 9.56. The molecule has 0 spiro atoms. The van der Waals surface area contributed by atoms with Crippen LogP contribution in [0, 0.1) is 5.92 Å². The number of hydrogen-bond acceptors (Lipinski definition) is 5. The molecule has 0 aliphatic carbocycles. The lowest BCUT2D eigenvalue weighted by Crippen LogP contribution is -2.52. The molecule has 3 aliphatic rings. The van der Waals surface area contributed by atoms with Gasteiger partial charge in [-0.1, -0.05) is 30.3 Å². The van der Waals surface area contributed by atoms with Gasteiger partial charge in [-0.2, -0.15) is 0 Å². The minimum atomic E-state index is -3.92. The summed E-state index contributed by atoms with van der Waals surface area (Å²) in [6, 6.07) is 13.8. The van der Waals surface area contributed by atoms with Gasteiger partial charge in [0.2, 0.25) is 10.0 Å². The van der Waals surface area contributed by atoms with Crippen molar-refractivity contribution in [2.75, 3.05) is 32.8 Å². The Labute approximate surface area is 201 Å². The highest BCUT2D eigenvalue weighted by molar-refractivity contribution is 7.89. The number of sulfonamides is 1. The zero-order valence-electron chi connectivity index (χ0n) is 19.4. The first-order valence-corrected chi connectivity index (χ1v) is 13.5. The summed E-state index contributed by atoms with van der Waals surface area (Å²) in [5.74, 6) is 0.576. The van der Waals surface area contributed by atoms with E-state index in [4.69, 9.17) is 9.88 Å². The molecule has 34 heavy (non-hydrogen) atoms. The number of ether oxygens (including phenoxy) is 1. The Hall–Kier alpha value is -2.62. The van der Waals surface area contributed by atoms with E-state index in [1.165, 1.54) is 11.1 Å². The van der Waals surface area contributed by atoms with E-state index in [-0.39, 0.29) is 16.8 Å². The molecule has 2 aromatic carbocycles. The van der Waals surface area contributed by atoms with Crippen molar-refractivity contribution < 1.29 is 17.9 Å². The molecule has 0 saturated carbocycles. The van der Waals surface area contributed by atoms with Crippen LogP contribution in [0.3, 0.4) is 0 Å². The SMILES string of the molecule is NS(=O)(=O)c1cc(CN2Cc3ccccc3C2)ccc1OCC1CCN(C(=O)N2CCC2)CC1. The number of primary sulfonamides is 1. The molecule has 2 amide bonds. The number of urea groups is 1. The number of hydrogen-bond donors (Lipinski definition) is 1. The molecule has 0 atom stereocenters. The number of benzene rings is 2. The van der Waals surface area contributed by atoms with Crippen molar-refractivity contribution in [1.82, 2.24) is 14.7 Å². The van der Waals surface area contributed by atoms with Gasteiger partial charge in [-0.25, -0.2) is 18.4 Å². The van der Waals surface area contributed by atoms with Gasteiger partial charge >= 0.3 is 6.03 Å². The van der Waals surface area contributed by atoms with Crippen LogP contribution in [0.2, 0.25) is 0 Å². The smallest absolute Gasteiger partial charge is 0.319 e. The minimum Gasteiger partial charge on any atom is -0.492 e. The minimum absolute atomic E-state index is 0.0344. The molecular formula is C25H32N4O4S. The maximum Gasteiger partial charge on any atom is 0.319 e. The van der Waals surface area contributed by atoms with Gasteiger partial charge in [-0.05, 0) is 54.0 Å². The molecule has 182 valence electrons. The summed E-state index contributed by atoms with van der Waals surface area (Å²) in [4.78, 5) is 18.5. The van der Waals surface area contributed by atoms with Crippen LogP contribution in [0.1, 0.15) is 36.0 Å². The van der Waals surface area contributed by atoms with Crippen LogP contribution < -0.4 is 9.88 Å². The van der Waals surface area contributed by atoms with E-state index < -0.39 is 10.0 Å². The first-order chi connectivity index (χ1) is 16.4. The summed E-state index contributed by atoms with van der Waals surface area (Å²) in [7, 11) is -3.92. The highest BCUT2D eigenvalue weighted by atomic mass is 32.2. The fourth-order valence-electron chi connectivity index (χ4n) is 4.97. The summed E-state index contributed by atoms with van der Waals surface area (Å²) < 4.78 is 30.6. The van der Waals surface area contributed by atoms with Crippen molar-refractivity contribution in [2.24, 2.45) is 11.1 Å². The molecule has 3 heterocycles. The summed E-state index contributed by atoms with van der Waals surface area (Å²) in [6.45, 7) is 5.88.